The fourth-order valence-electron chi connectivity index (χ4n) is 3.28. The molecule has 6 nitrogen and oxygen atoms in total. The smallest absolute Gasteiger partial charge is 0.278 e. The van der Waals surface area contributed by atoms with Crippen LogP contribution in [0.15, 0.2) is 42.6 Å². The van der Waals surface area contributed by atoms with Gasteiger partial charge in [0.2, 0.25) is 0 Å². The molecule has 1 saturated heterocycles. The summed E-state index contributed by atoms with van der Waals surface area (Å²) in [6, 6.07) is 7.33. The second-order valence-corrected chi connectivity index (χ2v) is 6.22. The normalized spacial score (nSPS) is 19.0. The van der Waals surface area contributed by atoms with Gasteiger partial charge in [0.05, 0.1) is 12.7 Å². The summed E-state index contributed by atoms with van der Waals surface area (Å²) >= 11 is 0. The van der Waals surface area contributed by atoms with Gasteiger partial charge < -0.3 is 14.5 Å². The molecule has 0 saturated carbocycles. The van der Waals surface area contributed by atoms with Gasteiger partial charge in [-0.05, 0) is 13.1 Å². The van der Waals surface area contributed by atoms with E-state index in [4.69, 9.17) is 4.74 Å². The summed E-state index contributed by atoms with van der Waals surface area (Å²) in [4.78, 5) is 31.5. The summed E-state index contributed by atoms with van der Waals surface area (Å²) in [5.41, 5.74) is 1.56. The molecule has 0 radical (unpaired) electrons. The minimum Gasteiger partial charge on any atom is -0.496 e. The average Bonchev–Trinajstić information content (AvgIpc) is 2.87. The number of hydrogen-bond donors (Lipinski definition) is 0. The molecule has 0 unspecified atom stereocenters. The summed E-state index contributed by atoms with van der Waals surface area (Å²) in [7, 11) is 3.62. The number of para-hydroxylation sites is 1. The van der Waals surface area contributed by atoms with Crippen LogP contribution in [-0.4, -0.2) is 73.4 Å². The monoisotopic (exact) mass is 341 g/mol. The maximum atomic E-state index is 13.0. The van der Waals surface area contributed by atoms with Crippen molar-refractivity contribution in [3.8, 4) is 5.75 Å². The topological polar surface area (TPSA) is 53.1 Å². The number of imide groups is 1. The van der Waals surface area contributed by atoms with E-state index in [1.54, 1.807) is 19.3 Å². The maximum Gasteiger partial charge on any atom is 0.278 e. The van der Waals surface area contributed by atoms with E-state index in [2.05, 4.69) is 18.5 Å². The Morgan fingerprint density at radius 2 is 1.80 bits per heavy atom. The third-order valence-electron chi connectivity index (χ3n) is 4.65. The van der Waals surface area contributed by atoms with E-state index in [9.17, 15) is 9.59 Å². The molecule has 132 valence electrons. The largest absolute Gasteiger partial charge is 0.496 e. The molecule has 1 aromatic rings. The summed E-state index contributed by atoms with van der Waals surface area (Å²) < 4.78 is 5.43. The molecule has 3 rings (SSSR count). The lowest BCUT2D eigenvalue weighted by atomic mass is 10.0. The molecule has 0 aromatic heterocycles. The van der Waals surface area contributed by atoms with Gasteiger partial charge in [0.15, 0.2) is 0 Å². The Bertz CT molecular complexity index is 733. The molecule has 1 aromatic carbocycles. The highest BCUT2D eigenvalue weighted by molar-refractivity contribution is 6.36. The molecular weight excluding hydrogens is 318 g/mol. The second kappa shape index (κ2) is 7.11. The zero-order chi connectivity index (χ0) is 18.0. The van der Waals surface area contributed by atoms with Gasteiger partial charge in [-0.25, -0.2) is 0 Å². The number of rotatable bonds is 5. The highest BCUT2D eigenvalue weighted by Gasteiger charge is 2.42. The average molecular weight is 341 g/mol. The standard InChI is InChI=1S/C19H23N3O3/c1-4-9-22-18(23)16(14-7-5-6-8-15(14)25-3)17(19(22)24)21-12-10-20(2)11-13-21/h4-8H,1,9-13H2,2-3H3. The van der Waals surface area contributed by atoms with Crippen molar-refractivity contribution in [3.63, 3.8) is 0 Å². The Morgan fingerprint density at radius 3 is 2.44 bits per heavy atom. The van der Waals surface area contributed by atoms with E-state index in [-0.39, 0.29) is 18.4 Å². The lowest BCUT2D eigenvalue weighted by Crippen LogP contribution is -2.46. The van der Waals surface area contributed by atoms with Crippen molar-refractivity contribution in [3.05, 3.63) is 48.2 Å². The molecule has 1 fully saturated rings. The minimum atomic E-state index is -0.289. The van der Waals surface area contributed by atoms with Crippen molar-refractivity contribution < 1.29 is 14.3 Å². The van der Waals surface area contributed by atoms with Gasteiger partial charge in [-0.1, -0.05) is 24.3 Å². The Labute approximate surface area is 148 Å². The Hall–Kier alpha value is -2.60. The van der Waals surface area contributed by atoms with Crippen LogP contribution >= 0.6 is 0 Å². The molecule has 25 heavy (non-hydrogen) atoms. The van der Waals surface area contributed by atoms with Crippen molar-refractivity contribution in [1.29, 1.82) is 0 Å². The van der Waals surface area contributed by atoms with Gasteiger partial charge in [-0.3, -0.25) is 14.5 Å². The number of methoxy groups -OCH3 is 1. The first-order valence-electron chi connectivity index (χ1n) is 8.36. The van der Waals surface area contributed by atoms with Crippen molar-refractivity contribution in [2.45, 2.75) is 0 Å². The lowest BCUT2D eigenvalue weighted by Gasteiger charge is -2.34. The maximum absolute atomic E-state index is 13.0. The second-order valence-electron chi connectivity index (χ2n) is 6.22. The molecule has 2 aliphatic heterocycles. The van der Waals surface area contributed by atoms with Crippen LogP contribution in [0.4, 0.5) is 0 Å². The highest BCUT2D eigenvalue weighted by Crippen LogP contribution is 2.36. The number of amides is 2. The van der Waals surface area contributed by atoms with Gasteiger partial charge in [-0.2, -0.15) is 0 Å². The number of benzene rings is 1. The van der Waals surface area contributed by atoms with Gasteiger partial charge in [0.25, 0.3) is 11.8 Å². The highest BCUT2D eigenvalue weighted by atomic mass is 16.5. The molecule has 0 bridgehead atoms. The van der Waals surface area contributed by atoms with Crippen molar-refractivity contribution in [1.82, 2.24) is 14.7 Å². The van der Waals surface area contributed by atoms with Gasteiger partial charge in [0, 0.05) is 38.3 Å². The number of hydrogen-bond acceptors (Lipinski definition) is 5. The van der Waals surface area contributed by atoms with Gasteiger partial charge >= 0.3 is 0 Å². The predicted molar refractivity (Wildman–Crippen MR) is 95.9 cm³/mol. The molecule has 6 heteroatoms. The molecule has 0 spiro atoms. The van der Waals surface area contributed by atoms with Gasteiger partial charge in [0.1, 0.15) is 11.4 Å². The first-order valence-corrected chi connectivity index (χ1v) is 8.36. The van der Waals surface area contributed by atoms with Crippen LogP contribution < -0.4 is 4.74 Å². The number of ether oxygens (including phenoxy) is 1. The summed E-state index contributed by atoms with van der Waals surface area (Å²) in [6.45, 7) is 7.00. The molecule has 2 heterocycles. The van der Waals surface area contributed by atoms with Crippen LogP contribution in [0.25, 0.3) is 5.57 Å². The lowest BCUT2D eigenvalue weighted by molar-refractivity contribution is -0.137. The zero-order valence-electron chi connectivity index (χ0n) is 14.7. The van der Waals surface area contributed by atoms with Crippen molar-refractivity contribution >= 4 is 17.4 Å². The first kappa shape index (κ1) is 17.2. The van der Waals surface area contributed by atoms with E-state index in [1.165, 1.54) is 4.90 Å². The molecule has 0 N–H and O–H groups in total. The zero-order valence-corrected chi connectivity index (χ0v) is 14.7. The van der Waals surface area contributed by atoms with Crippen molar-refractivity contribution in [2.75, 3.05) is 46.9 Å². The number of likely N-dealkylation sites (N-methyl/N-ethyl adjacent to an activating group) is 1. The molecule has 0 aliphatic carbocycles. The van der Waals surface area contributed by atoms with Crippen LogP contribution in [0.5, 0.6) is 5.75 Å². The van der Waals surface area contributed by atoms with Crippen LogP contribution in [0.1, 0.15) is 5.56 Å². The van der Waals surface area contributed by atoms with E-state index in [0.29, 0.717) is 35.7 Å². The van der Waals surface area contributed by atoms with Crippen LogP contribution in [-0.2, 0) is 9.59 Å². The molecule has 2 aliphatic rings. The minimum absolute atomic E-state index is 0.202. The van der Waals surface area contributed by atoms with Crippen LogP contribution in [0, 0.1) is 0 Å². The number of carbonyl (C=O) groups excluding carboxylic acids is 2. The Kier molecular flexibility index (Phi) is 4.90. The van der Waals surface area contributed by atoms with Gasteiger partial charge in [-0.15, -0.1) is 6.58 Å². The van der Waals surface area contributed by atoms with Crippen LogP contribution in [0.2, 0.25) is 0 Å². The van der Waals surface area contributed by atoms with E-state index < -0.39 is 0 Å². The first-order chi connectivity index (χ1) is 12.1. The SMILES string of the molecule is C=CCN1C(=O)C(c2ccccc2OC)=C(N2CCN(C)CC2)C1=O. The Morgan fingerprint density at radius 1 is 1.12 bits per heavy atom. The van der Waals surface area contributed by atoms with Crippen LogP contribution in [0.3, 0.4) is 0 Å². The number of nitrogens with zero attached hydrogens (tertiary/aromatic N) is 3. The fourth-order valence-corrected chi connectivity index (χ4v) is 3.28. The third-order valence-corrected chi connectivity index (χ3v) is 4.65. The van der Waals surface area contributed by atoms with E-state index in [0.717, 1.165) is 13.1 Å². The molecule has 0 atom stereocenters. The summed E-state index contributed by atoms with van der Waals surface area (Å²) in [5, 5.41) is 0. The number of piperazine rings is 1. The predicted octanol–water partition coefficient (Wildman–Crippen LogP) is 1.21. The Balaban J connectivity index is 2.11. The summed E-state index contributed by atoms with van der Waals surface area (Å²) in [6.07, 6.45) is 1.57. The molecular formula is C19H23N3O3. The van der Waals surface area contributed by atoms with E-state index in [1.807, 2.05) is 23.1 Å². The third kappa shape index (κ3) is 3.05. The fraction of sp³-hybridized carbons (Fsp3) is 0.368. The summed E-state index contributed by atoms with van der Waals surface area (Å²) in [5.74, 6) is 0.0458. The van der Waals surface area contributed by atoms with Crippen molar-refractivity contribution in [2.24, 2.45) is 0 Å². The quantitative estimate of drug-likeness (QED) is 0.595. The molecule has 2 amide bonds. The number of carbonyl (C=O) groups is 2. The van der Waals surface area contributed by atoms with E-state index >= 15 is 0 Å².